The molecule has 1 rings (SSSR count). The monoisotopic (exact) mass is 297 g/mol. The van der Waals surface area contributed by atoms with Gasteiger partial charge in [0.15, 0.2) is 0 Å². The van der Waals surface area contributed by atoms with Gasteiger partial charge in [0, 0.05) is 18.0 Å². The van der Waals surface area contributed by atoms with E-state index in [1.54, 1.807) is 19.9 Å². The Morgan fingerprint density at radius 2 is 2.05 bits per heavy atom. The number of hydrogen-bond acceptors (Lipinski definition) is 3. The second-order valence-electron chi connectivity index (χ2n) is 5.38. The van der Waals surface area contributed by atoms with Crippen LogP contribution >= 0.6 is 0 Å². The smallest absolute Gasteiger partial charge is 0.303 e. The van der Waals surface area contributed by atoms with Crippen molar-refractivity contribution in [1.82, 2.24) is 5.32 Å². The summed E-state index contributed by atoms with van der Waals surface area (Å²) in [5, 5.41) is 11.4. The first-order valence-electron chi connectivity index (χ1n) is 6.70. The molecule has 116 valence electrons. The van der Waals surface area contributed by atoms with Gasteiger partial charge in [0.05, 0.1) is 13.0 Å². The molecule has 0 aromatic heterocycles. The zero-order chi connectivity index (χ0) is 15.9. The van der Waals surface area contributed by atoms with Crippen LogP contribution in [0.2, 0.25) is 0 Å². The molecule has 21 heavy (non-hydrogen) atoms. The van der Waals surface area contributed by atoms with Gasteiger partial charge in [-0.15, -0.1) is 0 Å². The summed E-state index contributed by atoms with van der Waals surface area (Å²) >= 11 is 0. The number of nitrogens with one attached hydrogen (secondary N) is 1. The molecule has 0 spiro atoms. The van der Waals surface area contributed by atoms with Crippen molar-refractivity contribution in [1.29, 1.82) is 0 Å². The molecule has 0 bridgehead atoms. The highest BCUT2D eigenvalue weighted by atomic mass is 19.1. The minimum absolute atomic E-state index is 0.00687. The van der Waals surface area contributed by atoms with Gasteiger partial charge in [-0.3, -0.25) is 9.59 Å². The van der Waals surface area contributed by atoms with E-state index in [0.717, 1.165) is 0 Å². The summed E-state index contributed by atoms with van der Waals surface area (Å²) in [7, 11) is 0. The molecule has 0 heterocycles. The van der Waals surface area contributed by atoms with Gasteiger partial charge in [-0.25, -0.2) is 4.39 Å². The Balaban J connectivity index is 2.32. The normalized spacial score (nSPS) is 11.0. The summed E-state index contributed by atoms with van der Waals surface area (Å²) in [5.74, 6) is -1.16. The Kier molecular flexibility index (Phi) is 6.14. The average molecular weight is 297 g/mol. The average Bonchev–Trinajstić information content (AvgIpc) is 2.36. The molecule has 1 amide bonds. The third-order valence-electron chi connectivity index (χ3n) is 2.84. The summed E-state index contributed by atoms with van der Waals surface area (Å²) in [5.41, 5.74) is -0.589. The zero-order valence-corrected chi connectivity index (χ0v) is 12.2. The van der Waals surface area contributed by atoms with E-state index in [1.165, 1.54) is 18.2 Å². The molecule has 0 unspecified atom stereocenters. The van der Waals surface area contributed by atoms with Crippen molar-refractivity contribution in [3.63, 3.8) is 0 Å². The van der Waals surface area contributed by atoms with Gasteiger partial charge in [-0.1, -0.05) is 6.07 Å². The topological polar surface area (TPSA) is 75.6 Å². The maximum atomic E-state index is 12.9. The van der Waals surface area contributed by atoms with E-state index in [1.807, 2.05) is 0 Å². The predicted molar refractivity (Wildman–Crippen MR) is 75.6 cm³/mol. The fraction of sp³-hybridized carbons (Fsp3) is 0.467. The number of halogens is 1. The van der Waals surface area contributed by atoms with E-state index < -0.39 is 17.3 Å². The molecule has 6 heteroatoms. The third kappa shape index (κ3) is 7.29. The molecule has 0 aliphatic rings. The fourth-order valence-corrected chi connectivity index (χ4v) is 1.74. The fourth-order valence-electron chi connectivity index (χ4n) is 1.74. The van der Waals surface area contributed by atoms with Gasteiger partial charge in [0.2, 0.25) is 5.91 Å². The first-order valence-corrected chi connectivity index (χ1v) is 6.70. The maximum absolute atomic E-state index is 12.9. The summed E-state index contributed by atoms with van der Waals surface area (Å²) in [4.78, 5) is 22.3. The number of carboxylic acid groups (broad SMARTS) is 1. The van der Waals surface area contributed by atoms with Gasteiger partial charge in [-0.05, 0) is 32.4 Å². The second-order valence-corrected chi connectivity index (χ2v) is 5.38. The van der Waals surface area contributed by atoms with Crippen molar-refractivity contribution in [2.75, 3.05) is 6.61 Å². The zero-order valence-electron chi connectivity index (χ0n) is 12.2. The van der Waals surface area contributed by atoms with Gasteiger partial charge < -0.3 is 15.2 Å². The number of rotatable bonds is 8. The van der Waals surface area contributed by atoms with Crippen LogP contribution in [0, 0.1) is 5.82 Å². The number of benzene rings is 1. The lowest BCUT2D eigenvalue weighted by atomic mass is 9.98. The van der Waals surface area contributed by atoms with E-state index in [-0.39, 0.29) is 25.4 Å². The number of carboxylic acids is 1. The number of amides is 1. The van der Waals surface area contributed by atoms with Crippen LogP contribution in [0.25, 0.3) is 0 Å². The Hall–Kier alpha value is -2.11. The summed E-state index contributed by atoms with van der Waals surface area (Å²) in [6.07, 6.45) is 0.457. The van der Waals surface area contributed by atoms with E-state index >= 15 is 0 Å². The molecular formula is C15H20FNO4. The summed E-state index contributed by atoms with van der Waals surface area (Å²) < 4.78 is 18.2. The Bertz CT molecular complexity index is 502. The predicted octanol–water partition coefficient (Wildman–Crippen LogP) is 2.35. The minimum atomic E-state index is -0.897. The van der Waals surface area contributed by atoms with Crippen molar-refractivity contribution < 1.29 is 23.8 Å². The van der Waals surface area contributed by atoms with Crippen molar-refractivity contribution >= 4 is 11.9 Å². The van der Waals surface area contributed by atoms with Crippen LogP contribution in [-0.4, -0.2) is 29.1 Å². The van der Waals surface area contributed by atoms with Gasteiger partial charge >= 0.3 is 5.97 Å². The Morgan fingerprint density at radius 3 is 2.67 bits per heavy atom. The van der Waals surface area contributed by atoms with Crippen LogP contribution in [-0.2, 0) is 9.59 Å². The Labute approximate surface area is 123 Å². The standard InChI is InChI=1S/C15H20FNO4/c1-15(2,8-6-14(19)20)17-13(18)7-9-21-12-5-3-4-11(16)10-12/h3-5,10H,6-9H2,1-2H3,(H,17,18)(H,19,20). The summed E-state index contributed by atoms with van der Waals surface area (Å²) in [6.45, 7) is 3.66. The third-order valence-corrected chi connectivity index (χ3v) is 2.84. The molecule has 0 aliphatic carbocycles. The number of ether oxygens (including phenoxy) is 1. The molecule has 1 aromatic rings. The Morgan fingerprint density at radius 1 is 1.33 bits per heavy atom. The molecule has 0 saturated heterocycles. The van der Waals surface area contributed by atoms with E-state index in [0.29, 0.717) is 12.2 Å². The molecule has 0 atom stereocenters. The van der Waals surface area contributed by atoms with Gasteiger partial charge in [-0.2, -0.15) is 0 Å². The SMILES string of the molecule is CC(C)(CCC(=O)O)NC(=O)CCOc1cccc(F)c1. The lowest BCUT2D eigenvalue weighted by Gasteiger charge is -2.25. The first-order chi connectivity index (χ1) is 9.78. The number of carbonyl (C=O) groups is 2. The molecule has 0 radical (unpaired) electrons. The lowest BCUT2D eigenvalue weighted by Crippen LogP contribution is -2.44. The molecular weight excluding hydrogens is 277 g/mol. The molecule has 5 nitrogen and oxygen atoms in total. The van der Waals surface area contributed by atoms with Crippen LogP contribution in [0.15, 0.2) is 24.3 Å². The molecule has 0 aliphatic heterocycles. The largest absolute Gasteiger partial charge is 0.493 e. The van der Waals surface area contributed by atoms with Crippen LogP contribution in [0.3, 0.4) is 0 Å². The molecule has 2 N–H and O–H groups in total. The molecule has 0 saturated carbocycles. The lowest BCUT2D eigenvalue weighted by molar-refractivity contribution is -0.137. The molecule has 0 fully saturated rings. The van der Waals surface area contributed by atoms with E-state index in [9.17, 15) is 14.0 Å². The van der Waals surface area contributed by atoms with E-state index in [4.69, 9.17) is 9.84 Å². The minimum Gasteiger partial charge on any atom is -0.493 e. The molecule has 1 aromatic carbocycles. The van der Waals surface area contributed by atoms with Crippen molar-refractivity contribution in [3.05, 3.63) is 30.1 Å². The van der Waals surface area contributed by atoms with Crippen molar-refractivity contribution in [3.8, 4) is 5.75 Å². The second kappa shape index (κ2) is 7.61. The number of carbonyl (C=O) groups excluding carboxylic acids is 1. The number of aliphatic carboxylic acids is 1. The van der Waals surface area contributed by atoms with Crippen LogP contribution in [0.1, 0.15) is 33.1 Å². The highest BCUT2D eigenvalue weighted by Crippen LogP contribution is 2.13. The van der Waals surface area contributed by atoms with Gasteiger partial charge in [0.1, 0.15) is 11.6 Å². The highest BCUT2D eigenvalue weighted by Gasteiger charge is 2.21. The summed E-state index contributed by atoms with van der Waals surface area (Å²) in [6, 6.07) is 5.69. The van der Waals surface area contributed by atoms with E-state index in [2.05, 4.69) is 5.32 Å². The van der Waals surface area contributed by atoms with Gasteiger partial charge in [0.25, 0.3) is 0 Å². The number of hydrogen-bond donors (Lipinski definition) is 2. The quantitative estimate of drug-likeness (QED) is 0.772. The van der Waals surface area contributed by atoms with Crippen LogP contribution in [0.5, 0.6) is 5.75 Å². The van der Waals surface area contributed by atoms with Crippen LogP contribution in [0.4, 0.5) is 4.39 Å². The highest BCUT2D eigenvalue weighted by molar-refractivity contribution is 5.77. The first kappa shape index (κ1) is 16.9. The van der Waals surface area contributed by atoms with Crippen LogP contribution < -0.4 is 10.1 Å². The van der Waals surface area contributed by atoms with Crippen molar-refractivity contribution in [2.24, 2.45) is 0 Å². The maximum Gasteiger partial charge on any atom is 0.303 e. The van der Waals surface area contributed by atoms with Crippen molar-refractivity contribution in [2.45, 2.75) is 38.6 Å².